The van der Waals surface area contributed by atoms with Crippen molar-refractivity contribution in [2.75, 3.05) is 12.8 Å². The second-order valence-corrected chi connectivity index (χ2v) is 7.64. The quantitative estimate of drug-likeness (QED) is 0.789. The molecule has 0 saturated carbocycles. The highest BCUT2D eigenvalue weighted by atomic mass is 32.2. The summed E-state index contributed by atoms with van der Waals surface area (Å²) in [5, 5.41) is 14.3. The van der Waals surface area contributed by atoms with Crippen LogP contribution in [0.4, 0.5) is 0 Å². The molecule has 2 heterocycles. The standard InChI is InChI=1S/C13H19N5OS2/c1-13(2,3)18-12(14-15-16-18)21-9-11(19)17(4)8-10-6-5-7-20-10/h5-7H,8-9H2,1-4H3. The molecular formula is C13H19N5OS2. The summed E-state index contributed by atoms with van der Waals surface area (Å²) in [6.45, 7) is 6.72. The van der Waals surface area contributed by atoms with Crippen molar-refractivity contribution in [3.63, 3.8) is 0 Å². The monoisotopic (exact) mass is 325 g/mol. The first-order chi connectivity index (χ1) is 9.88. The van der Waals surface area contributed by atoms with Gasteiger partial charge < -0.3 is 4.90 Å². The fourth-order valence-corrected chi connectivity index (χ4v) is 3.41. The van der Waals surface area contributed by atoms with Crippen molar-refractivity contribution in [2.45, 2.75) is 38.0 Å². The van der Waals surface area contributed by atoms with E-state index in [9.17, 15) is 4.79 Å². The summed E-state index contributed by atoms with van der Waals surface area (Å²) in [5.74, 6) is 0.398. The predicted octanol–water partition coefficient (Wildman–Crippen LogP) is 2.24. The van der Waals surface area contributed by atoms with Gasteiger partial charge in [0.2, 0.25) is 11.1 Å². The molecule has 0 N–H and O–H groups in total. The van der Waals surface area contributed by atoms with E-state index in [4.69, 9.17) is 0 Å². The highest BCUT2D eigenvalue weighted by Crippen LogP contribution is 2.21. The number of thiophene rings is 1. The van der Waals surface area contributed by atoms with Crippen LogP contribution >= 0.6 is 23.1 Å². The molecule has 0 aliphatic carbocycles. The highest BCUT2D eigenvalue weighted by molar-refractivity contribution is 7.99. The Morgan fingerprint density at radius 1 is 1.48 bits per heavy atom. The molecule has 0 radical (unpaired) electrons. The van der Waals surface area contributed by atoms with E-state index in [0.29, 0.717) is 17.5 Å². The summed E-state index contributed by atoms with van der Waals surface area (Å²) in [7, 11) is 1.81. The lowest BCUT2D eigenvalue weighted by Crippen LogP contribution is -2.28. The average Bonchev–Trinajstić information content (AvgIpc) is 3.05. The molecule has 21 heavy (non-hydrogen) atoms. The van der Waals surface area contributed by atoms with E-state index >= 15 is 0 Å². The number of tetrazole rings is 1. The van der Waals surface area contributed by atoms with Gasteiger partial charge in [-0.15, -0.1) is 16.4 Å². The van der Waals surface area contributed by atoms with Gasteiger partial charge >= 0.3 is 0 Å². The summed E-state index contributed by atoms with van der Waals surface area (Å²) in [6, 6.07) is 4.02. The molecule has 0 unspecified atom stereocenters. The Balaban J connectivity index is 1.91. The first kappa shape index (κ1) is 16.0. The van der Waals surface area contributed by atoms with Crippen LogP contribution in [0.2, 0.25) is 0 Å². The number of hydrogen-bond donors (Lipinski definition) is 0. The average molecular weight is 325 g/mol. The Hall–Kier alpha value is -1.41. The molecule has 8 heteroatoms. The molecule has 0 fully saturated rings. The summed E-state index contributed by atoms with van der Waals surface area (Å²) < 4.78 is 1.74. The second kappa shape index (κ2) is 6.57. The minimum Gasteiger partial charge on any atom is -0.340 e. The SMILES string of the molecule is CN(Cc1cccs1)C(=O)CSc1nnnn1C(C)(C)C. The molecule has 2 rings (SSSR count). The van der Waals surface area contributed by atoms with E-state index in [0.717, 1.165) is 0 Å². The molecule has 0 atom stereocenters. The zero-order valence-electron chi connectivity index (χ0n) is 12.6. The van der Waals surface area contributed by atoms with Crippen LogP contribution in [0.25, 0.3) is 0 Å². The van der Waals surface area contributed by atoms with Crippen molar-refractivity contribution in [3.05, 3.63) is 22.4 Å². The normalized spacial score (nSPS) is 11.6. The Bertz CT molecular complexity index is 588. The van der Waals surface area contributed by atoms with Crippen LogP contribution in [0.3, 0.4) is 0 Å². The summed E-state index contributed by atoms with van der Waals surface area (Å²) in [6.07, 6.45) is 0. The van der Waals surface area contributed by atoms with Gasteiger partial charge in [0.1, 0.15) is 0 Å². The Labute approximate surface area is 132 Å². The maximum atomic E-state index is 12.2. The van der Waals surface area contributed by atoms with Gasteiger partial charge in [0.25, 0.3) is 0 Å². The predicted molar refractivity (Wildman–Crippen MR) is 84.3 cm³/mol. The molecule has 1 amide bonds. The van der Waals surface area contributed by atoms with E-state index in [-0.39, 0.29) is 11.4 Å². The Kier molecular flexibility index (Phi) is 5.00. The van der Waals surface area contributed by atoms with E-state index in [1.165, 1.54) is 16.6 Å². The van der Waals surface area contributed by atoms with Crippen LogP contribution in [0.1, 0.15) is 25.6 Å². The number of rotatable bonds is 5. The van der Waals surface area contributed by atoms with Gasteiger partial charge in [-0.3, -0.25) is 4.79 Å². The fraction of sp³-hybridized carbons (Fsp3) is 0.538. The minimum atomic E-state index is -0.197. The maximum Gasteiger partial charge on any atom is 0.233 e. The topological polar surface area (TPSA) is 63.9 Å². The van der Waals surface area contributed by atoms with Crippen LogP contribution in [0.15, 0.2) is 22.7 Å². The minimum absolute atomic E-state index is 0.0665. The van der Waals surface area contributed by atoms with E-state index in [1.807, 2.05) is 45.3 Å². The molecule has 0 bridgehead atoms. The fourth-order valence-electron chi connectivity index (χ4n) is 1.65. The van der Waals surface area contributed by atoms with Gasteiger partial charge in [-0.2, -0.15) is 0 Å². The van der Waals surface area contributed by atoms with Gasteiger partial charge in [-0.25, -0.2) is 4.68 Å². The van der Waals surface area contributed by atoms with Gasteiger partial charge in [-0.1, -0.05) is 17.8 Å². The third-order valence-corrected chi connectivity index (χ3v) is 4.57. The van der Waals surface area contributed by atoms with Crippen LogP contribution in [-0.4, -0.2) is 43.8 Å². The lowest BCUT2D eigenvalue weighted by molar-refractivity contribution is -0.127. The lowest BCUT2D eigenvalue weighted by Gasteiger charge is -2.20. The molecule has 114 valence electrons. The molecule has 0 aromatic carbocycles. The molecule has 0 spiro atoms. The van der Waals surface area contributed by atoms with Crippen LogP contribution in [0, 0.1) is 0 Å². The maximum absolute atomic E-state index is 12.2. The van der Waals surface area contributed by atoms with Gasteiger partial charge in [0.15, 0.2) is 0 Å². The summed E-state index contributed by atoms with van der Waals surface area (Å²) >= 11 is 3.02. The molecule has 6 nitrogen and oxygen atoms in total. The zero-order valence-corrected chi connectivity index (χ0v) is 14.2. The number of nitrogens with zero attached hydrogens (tertiary/aromatic N) is 5. The van der Waals surface area contributed by atoms with Crippen LogP contribution in [0.5, 0.6) is 0 Å². The van der Waals surface area contributed by atoms with Gasteiger partial charge in [-0.05, 0) is 42.6 Å². The van der Waals surface area contributed by atoms with E-state index in [2.05, 4.69) is 15.5 Å². The Morgan fingerprint density at radius 2 is 2.24 bits per heavy atom. The summed E-state index contributed by atoms with van der Waals surface area (Å²) in [5.41, 5.74) is -0.197. The lowest BCUT2D eigenvalue weighted by atomic mass is 10.1. The van der Waals surface area contributed by atoms with Crippen molar-refractivity contribution in [1.29, 1.82) is 0 Å². The largest absolute Gasteiger partial charge is 0.340 e. The van der Waals surface area contributed by atoms with E-state index in [1.54, 1.807) is 20.9 Å². The Morgan fingerprint density at radius 3 is 2.86 bits per heavy atom. The number of carbonyl (C=O) groups is 1. The molecule has 0 aliphatic heterocycles. The third-order valence-electron chi connectivity index (χ3n) is 2.80. The highest BCUT2D eigenvalue weighted by Gasteiger charge is 2.21. The number of thioether (sulfide) groups is 1. The third kappa shape index (κ3) is 4.28. The second-order valence-electron chi connectivity index (χ2n) is 5.66. The van der Waals surface area contributed by atoms with Crippen molar-refractivity contribution >= 4 is 29.0 Å². The molecule has 2 aromatic rings. The van der Waals surface area contributed by atoms with Crippen molar-refractivity contribution in [3.8, 4) is 0 Å². The first-order valence-corrected chi connectivity index (χ1v) is 8.42. The van der Waals surface area contributed by atoms with Crippen molar-refractivity contribution in [2.24, 2.45) is 0 Å². The number of amides is 1. The number of carbonyl (C=O) groups excluding carboxylic acids is 1. The molecule has 0 aliphatic rings. The molecular weight excluding hydrogens is 306 g/mol. The number of aromatic nitrogens is 4. The van der Waals surface area contributed by atoms with Crippen molar-refractivity contribution < 1.29 is 4.79 Å². The van der Waals surface area contributed by atoms with Crippen LogP contribution < -0.4 is 0 Å². The molecule has 0 saturated heterocycles. The summed E-state index contributed by atoms with van der Waals surface area (Å²) in [4.78, 5) is 15.1. The molecule has 2 aromatic heterocycles. The first-order valence-electron chi connectivity index (χ1n) is 6.56. The van der Waals surface area contributed by atoms with E-state index < -0.39 is 0 Å². The van der Waals surface area contributed by atoms with Gasteiger partial charge in [0, 0.05) is 11.9 Å². The smallest absolute Gasteiger partial charge is 0.233 e. The zero-order chi connectivity index (χ0) is 15.5. The number of hydrogen-bond acceptors (Lipinski definition) is 6. The van der Waals surface area contributed by atoms with Crippen LogP contribution in [-0.2, 0) is 16.9 Å². The van der Waals surface area contributed by atoms with Gasteiger partial charge in [0.05, 0.1) is 17.8 Å². The van der Waals surface area contributed by atoms with Crippen molar-refractivity contribution in [1.82, 2.24) is 25.1 Å².